The fourth-order valence-corrected chi connectivity index (χ4v) is 2.34. The van der Waals surface area contributed by atoms with Crippen LogP contribution in [-0.4, -0.2) is 40.9 Å². The van der Waals surface area contributed by atoms with Gasteiger partial charge in [0.05, 0.1) is 6.10 Å². The maximum Gasteiger partial charge on any atom is 0.371 e. The van der Waals surface area contributed by atoms with Gasteiger partial charge in [0, 0.05) is 5.75 Å². The van der Waals surface area contributed by atoms with Gasteiger partial charge >= 0.3 is 11.6 Å². The number of benzene rings is 1. The molecule has 2 N–H and O–H groups in total. The molecule has 7 heteroatoms. The zero-order valence-corrected chi connectivity index (χ0v) is 12.1. The summed E-state index contributed by atoms with van der Waals surface area (Å²) in [5.41, 5.74) is -0.778. The van der Waals surface area contributed by atoms with Gasteiger partial charge < -0.3 is 19.4 Å². The average molecular weight is 310 g/mol. The second kappa shape index (κ2) is 6.64. The summed E-state index contributed by atoms with van der Waals surface area (Å²) in [7, 11) is 0. The second-order valence-electron chi connectivity index (χ2n) is 4.34. The van der Waals surface area contributed by atoms with Crippen LogP contribution in [0.15, 0.2) is 33.5 Å². The zero-order valence-electron chi connectivity index (χ0n) is 11.2. The van der Waals surface area contributed by atoms with Gasteiger partial charge in [-0.3, -0.25) is 0 Å². The SMILES string of the molecule is CSCC(O)COc1cccc2cc(C(=O)O)oc(=O)c12. The molecule has 0 saturated heterocycles. The van der Waals surface area contributed by atoms with E-state index in [1.54, 1.807) is 18.2 Å². The largest absolute Gasteiger partial charge is 0.490 e. The highest BCUT2D eigenvalue weighted by molar-refractivity contribution is 7.98. The van der Waals surface area contributed by atoms with Gasteiger partial charge in [-0.25, -0.2) is 9.59 Å². The first-order valence-corrected chi connectivity index (χ1v) is 7.52. The quantitative estimate of drug-likeness (QED) is 0.836. The highest BCUT2D eigenvalue weighted by Gasteiger charge is 2.14. The molecule has 6 nitrogen and oxygen atoms in total. The van der Waals surface area contributed by atoms with E-state index in [0.717, 1.165) is 0 Å². The van der Waals surface area contributed by atoms with E-state index in [-0.39, 0.29) is 17.7 Å². The van der Waals surface area contributed by atoms with Crippen LogP contribution < -0.4 is 10.4 Å². The van der Waals surface area contributed by atoms with Gasteiger partial charge in [-0.05, 0) is 23.8 Å². The van der Waals surface area contributed by atoms with E-state index in [1.165, 1.54) is 17.8 Å². The van der Waals surface area contributed by atoms with Crippen LogP contribution in [0.2, 0.25) is 0 Å². The fourth-order valence-electron chi connectivity index (χ4n) is 1.86. The minimum atomic E-state index is -1.31. The smallest absolute Gasteiger partial charge is 0.371 e. The summed E-state index contributed by atoms with van der Waals surface area (Å²) in [5, 5.41) is 19.1. The molecule has 21 heavy (non-hydrogen) atoms. The molecule has 1 heterocycles. The fraction of sp³-hybridized carbons (Fsp3) is 0.286. The molecule has 0 aliphatic rings. The molecule has 0 bridgehead atoms. The van der Waals surface area contributed by atoms with Crippen LogP contribution in [-0.2, 0) is 0 Å². The van der Waals surface area contributed by atoms with Crippen molar-refractivity contribution in [2.45, 2.75) is 6.10 Å². The number of aliphatic hydroxyl groups excluding tert-OH is 1. The molecule has 1 atom stereocenters. The van der Waals surface area contributed by atoms with Crippen LogP contribution in [0.1, 0.15) is 10.6 Å². The minimum Gasteiger partial charge on any atom is -0.490 e. The Balaban J connectivity index is 2.37. The van der Waals surface area contributed by atoms with E-state index in [0.29, 0.717) is 11.1 Å². The number of aliphatic hydroxyl groups is 1. The number of carbonyl (C=O) groups is 1. The van der Waals surface area contributed by atoms with Crippen molar-refractivity contribution >= 4 is 28.5 Å². The van der Waals surface area contributed by atoms with E-state index in [1.807, 2.05) is 6.26 Å². The Bertz CT molecular complexity index is 708. The third-order valence-corrected chi connectivity index (χ3v) is 3.47. The molecule has 0 aliphatic carbocycles. The van der Waals surface area contributed by atoms with Crippen LogP contribution in [0.3, 0.4) is 0 Å². The summed E-state index contributed by atoms with van der Waals surface area (Å²) in [6, 6.07) is 6.09. The Morgan fingerprint density at radius 3 is 2.90 bits per heavy atom. The van der Waals surface area contributed by atoms with Gasteiger partial charge in [0.1, 0.15) is 17.7 Å². The minimum absolute atomic E-state index is 0.0417. The first-order valence-electron chi connectivity index (χ1n) is 6.13. The third kappa shape index (κ3) is 3.56. The molecule has 0 fully saturated rings. The highest BCUT2D eigenvalue weighted by atomic mass is 32.2. The normalized spacial score (nSPS) is 12.3. The first-order chi connectivity index (χ1) is 10.0. The summed E-state index contributed by atoms with van der Waals surface area (Å²) >= 11 is 1.48. The lowest BCUT2D eigenvalue weighted by atomic mass is 10.1. The van der Waals surface area contributed by atoms with Crippen LogP contribution >= 0.6 is 11.8 Å². The summed E-state index contributed by atoms with van der Waals surface area (Å²) < 4.78 is 10.2. The number of fused-ring (bicyclic) bond motifs is 1. The lowest BCUT2D eigenvalue weighted by Crippen LogP contribution is -2.20. The molecule has 1 aromatic heterocycles. The van der Waals surface area contributed by atoms with Gasteiger partial charge in [0.25, 0.3) is 0 Å². The molecule has 0 radical (unpaired) electrons. The average Bonchev–Trinajstić information content (AvgIpc) is 2.44. The third-order valence-electron chi connectivity index (χ3n) is 2.75. The number of hydrogen-bond acceptors (Lipinski definition) is 6. The Labute approximate surface area is 124 Å². The highest BCUT2D eigenvalue weighted by Crippen LogP contribution is 2.23. The number of ether oxygens (including phenoxy) is 1. The van der Waals surface area contributed by atoms with Crippen LogP contribution in [0, 0.1) is 0 Å². The van der Waals surface area contributed by atoms with E-state index in [4.69, 9.17) is 14.3 Å². The molecule has 0 aliphatic heterocycles. The molecule has 0 saturated carbocycles. The standard InChI is InChI=1S/C14H14O6S/c1-21-7-9(15)6-19-10-4-2-3-8-5-11(13(16)17)20-14(18)12(8)10/h2-5,9,15H,6-7H2,1H3,(H,16,17). The number of thioether (sulfide) groups is 1. The van der Waals surface area contributed by atoms with Crippen molar-refractivity contribution in [3.8, 4) is 5.75 Å². The molecule has 112 valence electrons. The number of carboxylic acid groups (broad SMARTS) is 1. The monoisotopic (exact) mass is 310 g/mol. The first kappa shape index (κ1) is 15.4. The molecular formula is C14H14O6S. The van der Waals surface area contributed by atoms with E-state index < -0.39 is 23.5 Å². The van der Waals surface area contributed by atoms with Crippen molar-refractivity contribution in [1.29, 1.82) is 0 Å². The number of rotatable bonds is 6. The number of aromatic carboxylic acids is 1. The van der Waals surface area contributed by atoms with Crippen molar-refractivity contribution < 1.29 is 24.2 Å². The molecule has 2 rings (SSSR count). The van der Waals surface area contributed by atoms with Crippen molar-refractivity contribution in [3.63, 3.8) is 0 Å². The summed E-state index contributed by atoms with van der Waals surface area (Å²) in [5.74, 6) is -0.955. The van der Waals surface area contributed by atoms with E-state index >= 15 is 0 Å². The Morgan fingerprint density at radius 2 is 2.24 bits per heavy atom. The Kier molecular flexibility index (Phi) is 4.87. The van der Waals surface area contributed by atoms with Gasteiger partial charge in [-0.1, -0.05) is 12.1 Å². The van der Waals surface area contributed by atoms with Crippen molar-refractivity contribution in [2.24, 2.45) is 0 Å². The molecule has 1 unspecified atom stereocenters. The lowest BCUT2D eigenvalue weighted by Gasteiger charge is -2.12. The maximum atomic E-state index is 11.9. The topological polar surface area (TPSA) is 97.0 Å². The van der Waals surface area contributed by atoms with Crippen molar-refractivity contribution in [1.82, 2.24) is 0 Å². The van der Waals surface area contributed by atoms with Gasteiger partial charge in [0.2, 0.25) is 5.76 Å². The predicted octanol–water partition coefficient (Wildman–Crippen LogP) is 1.59. The molecule has 0 amide bonds. The van der Waals surface area contributed by atoms with E-state index in [9.17, 15) is 14.7 Å². The molecule has 0 spiro atoms. The van der Waals surface area contributed by atoms with Crippen LogP contribution in [0.25, 0.3) is 10.8 Å². The summed E-state index contributed by atoms with van der Waals surface area (Å²) in [4.78, 5) is 22.8. The van der Waals surface area contributed by atoms with Crippen molar-refractivity contribution in [3.05, 3.63) is 40.4 Å². The summed E-state index contributed by atoms with van der Waals surface area (Å²) in [6.07, 6.45) is 1.21. The zero-order chi connectivity index (χ0) is 15.4. The Morgan fingerprint density at radius 1 is 1.48 bits per heavy atom. The maximum absolute atomic E-state index is 11.9. The number of hydrogen-bond donors (Lipinski definition) is 2. The van der Waals surface area contributed by atoms with Gasteiger partial charge in [-0.15, -0.1) is 0 Å². The molecule has 1 aromatic carbocycles. The molecular weight excluding hydrogens is 296 g/mol. The Hall–Kier alpha value is -1.99. The summed E-state index contributed by atoms with van der Waals surface area (Å²) in [6.45, 7) is 0.0417. The van der Waals surface area contributed by atoms with Crippen LogP contribution in [0.4, 0.5) is 0 Å². The van der Waals surface area contributed by atoms with Gasteiger partial charge in [-0.2, -0.15) is 11.8 Å². The predicted molar refractivity (Wildman–Crippen MR) is 79.3 cm³/mol. The van der Waals surface area contributed by atoms with Crippen LogP contribution in [0.5, 0.6) is 5.75 Å². The van der Waals surface area contributed by atoms with Crippen molar-refractivity contribution in [2.75, 3.05) is 18.6 Å². The van der Waals surface area contributed by atoms with E-state index in [2.05, 4.69) is 0 Å². The number of carboxylic acids is 1. The second-order valence-corrected chi connectivity index (χ2v) is 5.25. The van der Waals surface area contributed by atoms with Gasteiger partial charge in [0.15, 0.2) is 0 Å². The lowest BCUT2D eigenvalue weighted by molar-refractivity contribution is 0.0658. The molecule has 2 aromatic rings.